The van der Waals surface area contributed by atoms with Crippen molar-refractivity contribution in [2.45, 2.75) is 32.9 Å². The van der Waals surface area contributed by atoms with Gasteiger partial charge in [0, 0.05) is 11.6 Å². The Morgan fingerprint density at radius 2 is 2.10 bits per heavy atom. The van der Waals surface area contributed by atoms with Crippen molar-refractivity contribution >= 4 is 22.8 Å². The van der Waals surface area contributed by atoms with Crippen molar-refractivity contribution in [2.75, 3.05) is 0 Å². The highest BCUT2D eigenvalue weighted by atomic mass is 16.6. The maximum atomic E-state index is 11.8. The Balaban J connectivity index is 2.36. The number of rotatable bonds is 3. The molecule has 0 unspecified atom stereocenters. The van der Waals surface area contributed by atoms with Crippen LogP contribution in [-0.2, 0) is 16.1 Å². The first kappa shape index (κ1) is 14.0. The van der Waals surface area contributed by atoms with E-state index in [2.05, 4.69) is 10.1 Å². The molecule has 7 nitrogen and oxygen atoms in total. The second kappa shape index (κ2) is 4.92. The summed E-state index contributed by atoms with van der Waals surface area (Å²) in [6, 6.07) is 1.63. The van der Waals surface area contributed by atoms with Gasteiger partial charge in [-0.2, -0.15) is 5.10 Å². The van der Waals surface area contributed by atoms with Crippen LogP contribution in [0.25, 0.3) is 10.9 Å². The Hall–Kier alpha value is -2.44. The number of carbonyl (C=O) groups is 2. The molecule has 2 aromatic heterocycles. The van der Waals surface area contributed by atoms with Crippen LogP contribution in [0.4, 0.5) is 0 Å². The lowest BCUT2D eigenvalue weighted by Crippen LogP contribution is -2.27. The molecule has 7 heteroatoms. The van der Waals surface area contributed by atoms with E-state index in [4.69, 9.17) is 10.5 Å². The highest BCUT2D eigenvalue weighted by Crippen LogP contribution is 2.17. The number of hydrogen-bond donors (Lipinski definition) is 1. The predicted molar refractivity (Wildman–Crippen MR) is 71.9 cm³/mol. The molecule has 20 heavy (non-hydrogen) atoms. The summed E-state index contributed by atoms with van der Waals surface area (Å²) in [6.45, 7) is 5.24. The highest BCUT2D eigenvalue weighted by molar-refractivity contribution is 6.03. The van der Waals surface area contributed by atoms with Gasteiger partial charge in [0.25, 0.3) is 5.91 Å². The lowest BCUT2D eigenvalue weighted by Gasteiger charge is -2.19. The zero-order valence-electron chi connectivity index (χ0n) is 11.6. The number of ether oxygens (including phenoxy) is 1. The largest absolute Gasteiger partial charge is 0.459 e. The van der Waals surface area contributed by atoms with E-state index in [0.717, 1.165) is 0 Å². The Morgan fingerprint density at radius 1 is 1.40 bits per heavy atom. The predicted octanol–water partition coefficient (Wildman–Crippen LogP) is 0.872. The van der Waals surface area contributed by atoms with Gasteiger partial charge in [-0.25, -0.2) is 0 Å². The van der Waals surface area contributed by atoms with Gasteiger partial charge in [-0.05, 0) is 26.8 Å². The van der Waals surface area contributed by atoms with Crippen molar-refractivity contribution in [3.8, 4) is 0 Å². The van der Waals surface area contributed by atoms with Crippen LogP contribution >= 0.6 is 0 Å². The van der Waals surface area contributed by atoms with Gasteiger partial charge in [0.2, 0.25) is 0 Å². The zero-order chi connectivity index (χ0) is 14.9. The molecule has 0 saturated heterocycles. The number of carbonyl (C=O) groups excluding carboxylic acids is 2. The van der Waals surface area contributed by atoms with Crippen LogP contribution in [0, 0.1) is 0 Å². The molecule has 2 aromatic rings. The van der Waals surface area contributed by atoms with Gasteiger partial charge in [0.15, 0.2) is 5.69 Å². The Labute approximate surface area is 115 Å². The van der Waals surface area contributed by atoms with E-state index in [1.54, 1.807) is 26.8 Å². The summed E-state index contributed by atoms with van der Waals surface area (Å²) in [5.41, 5.74) is 5.37. The minimum Gasteiger partial charge on any atom is -0.459 e. The van der Waals surface area contributed by atoms with Crippen molar-refractivity contribution in [1.82, 2.24) is 14.8 Å². The van der Waals surface area contributed by atoms with E-state index < -0.39 is 17.5 Å². The van der Waals surface area contributed by atoms with Gasteiger partial charge in [0.1, 0.15) is 12.1 Å². The molecule has 2 rings (SSSR count). The molecule has 0 fully saturated rings. The first-order valence-electron chi connectivity index (χ1n) is 6.10. The minimum absolute atomic E-state index is 0.104. The first-order valence-corrected chi connectivity index (χ1v) is 6.10. The van der Waals surface area contributed by atoms with Crippen LogP contribution in [-0.4, -0.2) is 32.2 Å². The number of nitrogens with zero attached hydrogens (tertiary/aromatic N) is 3. The van der Waals surface area contributed by atoms with Gasteiger partial charge >= 0.3 is 5.97 Å². The van der Waals surface area contributed by atoms with E-state index in [9.17, 15) is 9.59 Å². The molecular formula is C13H16N4O3. The van der Waals surface area contributed by atoms with E-state index in [0.29, 0.717) is 10.9 Å². The quantitative estimate of drug-likeness (QED) is 0.838. The van der Waals surface area contributed by atoms with Crippen molar-refractivity contribution in [2.24, 2.45) is 5.73 Å². The number of amides is 1. The van der Waals surface area contributed by atoms with Crippen LogP contribution in [0.5, 0.6) is 0 Å². The molecule has 0 spiro atoms. The molecule has 2 heterocycles. The number of esters is 1. The van der Waals surface area contributed by atoms with Crippen molar-refractivity contribution in [3.05, 3.63) is 24.2 Å². The molecule has 0 saturated carbocycles. The van der Waals surface area contributed by atoms with E-state index in [-0.39, 0.29) is 12.2 Å². The summed E-state index contributed by atoms with van der Waals surface area (Å²) in [4.78, 5) is 27.1. The number of pyridine rings is 1. The topological polar surface area (TPSA) is 100 Å². The number of nitrogens with two attached hydrogens (primary N) is 1. The van der Waals surface area contributed by atoms with Crippen LogP contribution in [0.15, 0.2) is 18.5 Å². The van der Waals surface area contributed by atoms with Gasteiger partial charge < -0.3 is 10.5 Å². The van der Waals surface area contributed by atoms with Crippen LogP contribution in [0.1, 0.15) is 31.3 Å². The fraction of sp³-hybridized carbons (Fsp3) is 0.385. The standard InChI is InChI=1S/C13H16N4O3/c1-13(2,3)20-10(18)7-17-9-6-15-5-4-8(9)11(16-17)12(14)19/h4-6H,7H2,1-3H3,(H2,14,19). The van der Waals surface area contributed by atoms with Gasteiger partial charge in [0.05, 0.1) is 11.7 Å². The molecule has 106 valence electrons. The Kier molecular flexibility index (Phi) is 3.44. The van der Waals surface area contributed by atoms with Crippen molar-refractivity contribution in [3.63, 3.8) is 0 Å². The van der Waals surface area contributed by atoms with E-state index in [1.807, 2.05) is 0 Å². The molecule has 0 atom stereocenters. The lowest BCUT2D eigenvalue weighted by atomic mass is 10.2. The average molecular weight is 276 g/mol. The molecule has 0 bridgehead atoms. The highest BCUT2D eigenvalue weighted by Gasteiger charge is 2.20. The molecule has 0 radical (unpaired) electrons. The first-order chi connectivity index (χ1) is 9.28. The maximum Gasteiger partial charge on any atom is 0.328 e. The van der Waals surface area contributed by atoms with E-state index >= 15 is 0 Å². The maximum absolute atomic E-state index is 11.8. The fourth-order valence-electron chi connectivity index (χ4n) is 1.82. The summed E-state index contributed by atoms with van der Waals surface area (Å²) in [5.74, 6) is -1.09. The molecule has 1 amide bonds. The van der Waals surface area contributed by atoms with E-state index in [1.165, 1.54) is 17.1 Å². The third-order valence-corrected chi connectivity index (χ3v) is 2.49. The summed E-state index contributed by atoms with van der Waals surface area (Å²) >= 11 is 0. The van der Waals surface area contributed by atoms with Crippen LogP contribution in [0.3, 0.4) is 0 Å². The normalized spacial score (nSPS) is 11.6. The summed E-state index contributed by atoms with van der Waals surface area (Å²) in [5, 5.41) is 4.63. The lowest BCUT2D eigenvalue weighted by molar-refractivity contribution is -0.155. The fourth-order valence-corrected chi connectivity index (χ4v) is 1.82. The molecule has 0 aliphatic heterocycles. The van der Waals surface area contributed by atoms with Crippen LogP contribution in [0.2, 0.25) is 0 Å². The number of primary amides is 1. The van der Waals surface area contributed by atoms with Crippen molar-refractivity contribution < 1.29 is 14.3 Å². The second-order valence-corrected chi connectivity index (χ2v) is 5.35. The summed E-state index contributed by atoms with van der Waals surface area (Å²) in [6.07, 6.45) is 3.06. The zero-order valence-corrected chi connectivity index (χ0v) is 11.6. The molecule has 0 aliphatic carbocycles. The van der Waals surface area contributed by atoms with Gasteiger partial charge in [-0.3, -0.25) is 19.3 Å². The SMILES string of the molecule is CC(C)(C)OC(=O)Cn1nc(C(N)=O)c2ccncc21. The molecule has 2 N–H and O–H groups in total. The molecular weight excluding hydrogens is 260 g/mol. The van der Waals surface area contributed by atoms with Crippen LogP contribution < -0.4 is 5.73 Å². The average Bonchev–Trinajstić information content (AvgIpc) is 2.66. The third-order valence-electron chi connectivity index (χ3n) is 2.49. The molecule has 0 aliphatic rings. The summed E-state index contributed by atoms with van der Waals surface area (Å²) in [7, 11) is 0. The summed E-state index contributed by atoms with van der Waals surface area (Å²) < 4.78 is 6.60. The van der Waals surface area contributed by atoms with Gasteiger partial charge in [-0.1, -0.05) is 0 Å². The molecule has 0 aromatic carbocycles. The smallest absolute Gasteiger partial charge is 0.328 e. The Bertz CT molecular complexity index is 670. The number of hydrogen-bond acceptors (Lipinski definition) is 5. The van der Waals surface area contributed by atoms with Gasteiger partial charge in [-0.15, -0.1) is 0 Å². The monoisotopic (exact) mass is 276 g/mol. The number of fused-ring (bicyclic) bond motifs is 1. The number of aromatic nitrogens is 3. The second-order valence-electron chi connectivity index (χ2n) is 5.35. The Morgan fingerprint density at radius 3 is 2.70 bits per heavy atom. The minimum atomic E-state index is -0.649. The van der Waals surface area contributed by atoms with Crippen molar-refractivity contribution in [1.29, 1.82) is 0 Å². The third kappa shape index (κ3) is 2.93.